The fourth-order valence-corrected chi connectivity index (χ4v) is 11.0. The molecule has 1 heteroatoms. The van der Waals surface area contributed by atoms with Crippen molar-refractivity contribution < 1.29 is 0 Å². The highest BCUT2D eigenvalue weighted by molar-refractivity contribution is 7.79. The van der Waals surface area contributed by atoms with Gasteiger partial charge in [-0.15, -0.1) is 0 Å². The van der Waals surface area contributed by atoms with E-state index >= 15 is 0 Å². The zero-order chi connectivity index (χ0) is 33.5. The van der Waals surface area contributed by atoms with Gasteiger partial charge < -0.3 is 0 Å². The van der Waals surface area contributed by atoms with E-state index in [1.165, 1.54) is 103 Å². The lowest BCUT2D eigenvalue weighted by atomic mass is 9.90. The number of benzene rings is 11. The van der Waals surface area contributed by atoms with Crippen LogP contribution in [-0.4, -0.2) is 0 Å². The summed E-state index contributed by atoms with van der Waals surface area (Å²) in [4.78, 5) is 0. The van der Waals surface area contributed by atoms with E-state index in [-0.39, 0.29) is 0 Å². The van der Waals surface area contributed by atoms with Crippen LogP contribution in [0, 0.1) is 0 Å². The molecule has 0 spiro atoms. The van der Waals surface area contributed by atoms with Crippen molar-refractivity contribution in [2.45, 2.75) is 0 Å². The third-order valence-corrected chi connectivity index (χ3v) is 13.3. The maximum atomic E-state index is 2.45. The summed E-state index contributed by atoms with van der Waals surface area (Å²) >= 11 is 0. The molecule has 0 radical (unpaired) electrons. The van der Waals surface area contributed by atoms with Gasteiger partial charge in [-0.3, -0.25) is 0 Å². The topological polar surface area (TPSA) is 0 Å². The van der Waals surface area contributed by atoms with Crippen molar-refractivity contribution in [2.75, 3.05) is 0 Å². The van der Waals surface area contributed by atoms with Gasteiger partial charge in [0, 0.05) is 0 Å². The molecule has 0 atom stereocenters. The fourth-order valence-electron chi connectivity index (χ4n) is 8.62. The first kappa shape index (κ1) is 28.7. The van der Waals surface area contributed by atoms with E-state index in [1.807, 2.05) is 0 Å². The van der Waals surface area contributed by atoms with E-state index in [2.05, 4.69) is 188 Å². The number of hydrogen-bond acceptors (Lipinski definition) is 0. The summed E-state index contributed by atoms with van der Waals surface area (Å²) in [5, 5.41) is 19.9. The highest BCUT2D eigenvalue weighted by atomic mass is 31.1. The van der Waals surface area contributed by atoms with Crippen LogP contribution < -0.4 is 15.9 Å². The van der Waals surface area contributed by atoms with E-state index < -0.39 is 7.92 Å². The van der Waals surface area contributed by atoms with Gasteiger partial charge in [0.2, 0.25) is 0 Å². The molecule has 0 N–H and O–H groups in total. The maximum absolute atomic E-state index is 2.45. The second kappa shape index (κ2) is 11.2. The molecule has 0 fully saturated rings. The molecular formula is C50H31P. The van der Waals surface area contributed by atoms with E-state index in [1.54, 1.807) is 0 Å². The van der Waals surface area contributed by atoms with Crippen molar-refractivity contribution in [1.82, 2.24) is 0 Å². The summed E-state index contributed by atoms with van der Waals surface area (Å²) < 4.78 is 0. The fraction of sp³-hybridized carbons (Fsp3) is 0. The zero-order valence-corrected chi connectivity index (χ0v) is 28.7. The molecule has 0 heterocycles. The average Bonchev–Trinajstić information content (AvgIpc) is 3.20. The Kier molecular flexibility index (Phi) is 6.32. The van der Waals surface area contributed by atoms with Gasteiger partial charge in [0.15, 0.2) is 0 Å². The summed E-state index contributed by atoms with van der Waals surface area (Å²) in [6.07, 6.45) is 0. The Morgan fingerprint density at radius 2 is 0.627 bits per heavy atom. The molecule has 0 aliphatic heterocycles. The molecule has 51 heavy (non-hydrogen) atoms. The molecule has 11 aromatic carbocycles. The van der Waals surface area contributed by atoms with Crippen LogP contribution in [0.15, 0.2) is 188 Å². The summed E-state index contributed by atoms with van der Waals surface area (Å²) in [7, 11) is -0.825. The monoisotopic (exact) mass is 662 g/mol. The zero-order valence-electron chi connectivity index (χ0n) is 27.8. The normalized spacial score (nSPS) is 12.1. The lowest BCUT2D eigenvalue weighted by Crippen LogP contribution is -2.20. The molecule has 0 aliphatic rings. The standard InChI is InChI=1S/C50H31P/c1-2-14-40(15-3-1)51(41-16-6-12-38(30-41)43-26-22-36-20-18-32-8-4-10-34-24-28-45(43)49(36)47(32)34)42-17-7-13-39(31-42)44-27-23-37-21-19-33-9-5-11-35-25-29-46(44)50(37)48(33)35/h1-31H. The molecule has 0 bridgehead atoms. The van der Waals surface area contributed by atoms with Gasteiger partial charge in [0.05, 0.1) is 0 Å². The largest absolute Gasteiger partial charge is 0.0622 e. The van der Waals surface area contributed by atoms with Crippen molar-refractivity contribution >= 4 is 88.5 Å². The highest BCUT2D eigenvalue weighted by Crippen LogP contribution is 2.42. The van der Waals surface area contributed by atoms with Crippen LogP contribution in [0.2, 0.25) is 0 Å². The van der Waals surface area contributed by atoms with Gasteiger partial charge in [0.1, 0.15) is 0 Å². The van der Waals surface area contributed by atoms with Crippen molar-refractivity contribution in [3.05, 3.63) is 188 Å². The Morgan fingerprint density at radius 3 is 1.10 bits per heavy atom. The molecule has 0 saturated heterocycles. The lowest BCUT2D eigenvalue weighted by Gasteiger charge is -2.22. The average molecular weight is 663 g/mol. The Labute approximate surface area is 297 Å². The first-order valence-electron chi connectivity index (χ1n) is 17.7. The minimum absolute atomic E-state index is 0.825. The molecule has 0 nitrogen and oxygen atoms in total. The van der Waals surface area contributed by atoms with Crippen LogP contribution in [0.1, 0.15) is 0 Å². The maximum Gasteiger partial charge on any atom is -0.00206 e. The van der Waals surface area contributed by atoms with E-state index in [9.17, 15) is 0 Å². The molecule has 0 amide bonds. The molecule has 0 saturated carbocycles. The van der Waals surface area contributed by atoms with Gasteiger partial charge in [-0.25, -0.2) is 0 Å². The van der Waals surface area contributed by atoms with E-state index in [4.69, 9.17) is 0 Å². The number of hydrogen-bond donors (Lipinski definition) is 0. The molecule has 11 aromatic rings. The van der Waals surface area contributed by atoms with Crippen LogP contribution >= 0.6 is 7.92 Å². The van der Waals surface area contributed by atoms with Crippen LogP contribution in [0.3, 0.4) is 0 Å². The van der Waals surface area contributed by atoms with Gasteiger partial charge in [-0.2, -0.15) is 0 Å². The Morgan fingerprint density at radius 1 is 0.255 bits per heavy atom. The third-order valence-electron chi connectivity index (χ3n) is 10.9. The Hall–Kier alpha value is -6.07. The summed E-state index contributed by atoms with van der Waals surface area (Å²) in [6, 6.07) is 70.5. The smallest absolute Gasteiger partial charge is 0.00206 e. The van der Waals surface area contributed by atoms with Crippen molar-refractivity contribution in [1.29, 1.82) is 0 Å². The second-order valence-electron chi connectivity index (χ2n) is 13.7. The molecule has 0 aliphatic carbocycles. The molecule has 11 rings (SSSR count). The second-order valence-corrected chi connectivity index (χ2v) is 15.9. The van der Waals surface area contributed by atoms with Gasteiger partial charge in [-0.05, 0) is 123 Å². The predicted molar refractivity (Wildman–Crippen MR) is 223 cm³/mol. The van der Waals surface area contributed by atoms with Gasteiger partial charge in [0.25, 0.3) is 0 Å². The first-order valence-corrected chi connectivity index (χ1v) is 19.0. The summed E-state index contributed by atoms with van der Waals surface area (Å²) in [5.74, 6) is 0. The summed E-state index contributed by atoms with van der Waals surface area (Å²) in [5.41, 5.74) is 5.09. The summed E-state index contributed by atoms with van der Waals surface area (Å²) in [6.45, 7) is 0. The van der Waals surface area contributed by atoms with Gasteiger partial charge >= 0.3 is 0 Å². The number of rotatable bonds is 5. The minimum atomic E-state index is -0.825. The van der Waals surface area contributed by atoms with Crippen LogP contribution in [-0.2, 0) is 0 Å². The van der Waals surface area contributed by atoms with Gasteiger partial charge in [-0.1, -0.05) is 176 Å². The quantitative estimate of drug-likeness (QED) is 0.127. The van der Waals surface area contributed by atoms with Crippen molar-refractivity contribution in [3.8, 4) is 22.3 Å². The predicted octanol–water partition coefficient (Wildman–Crippen LogP) is 12.6. The van der Waals surface area contributed by atoms with E-state index in [0.717, 1.165) is 0 Å². The third kappa shape index (κ3) is 4.44. The molecular weight excluding hydrogens is 632 g/mol. The Bertz CT molecular complexity index is 2860. The molecule has 0 aromatic heterocycles. The molecule has 0 unspecified atom stereocenters. The van der Waals surface area contributed by atoms with Crippen LogP contribution in [0.4, 0.5) is 0 Å². The highest BCUT2D eigenvalue weighted by Gasteiger charge is 2.20. The lowest BCUT2D eigenvalue weighted by molar-refractivity contribution is 1.68. The minimum Gasteiger partial charge on any atom is -0.0622 e. The van der Waals surface area contributed by atoms with Crippen LogP contribution in [0.5, 0.6) is 0 Å². The van der Waals surface area contributed by atoms with Crippen LogP contribution in [0.25, 0.3) is 86.9 Å². The van der Waals surface area contributed by atoms with E-state index in [0.29, 0.717) is 0 Å². The van der Waals surface area contributed by atoms with Crippen molar-refractivity contribution in [3.63, 3.8) is 0 Å². The first-order chi connectivity index (χ1) is 25.3. The Balaban J connectivity index is 1.08. The van der Waals surface area contributed by atoms with Crippen molar-refractivity contribution in [2.24, 2.45) is 0 Å². The SMILES string of the molecule is c1ccc(P(c2cccc(-c3ccc4ccc5cccc6ccc3c4c56)c2)c2cccc(-c3ccc4ccc5cccc6ccc3c4c56)c2)cc1. The molecule has 236 valence electrons.